The number of aromatic carboxylic acids is 1. The summed E-state index contributed by atoms with van der Waals surface area (Å²) in [6, 6.07) is 3.32. The highest BCUT2D eigenvalue weighted by Crippen LogP contribution is 2.21. The number of phenols is 2. The van der Waals surface area contributed by atoms with Crippen LogP contribution in [0.1, 0.15) is 10.4 Å². The van der Waals surface area contributed by atoms with Gasteiger partial charge in [-0.1, -0.05) is 0 Å². The van der Waals surface area contributed by atoms with Crippen LogP contribution in [0.3, 0.4) is 0 Å². The molecular formula is C7H6O4. The van der Waals surface area contributed by atoms with E-state index >= 15 is 0 Å². The van der Waals surface area contributed by atoms with Gasteiger partial charge in [-0.15, -0.1) is 0 Å². The van der Waals surface area contributed by atoms with E-state index in [0.717, 1.165) is 12.1 Å². The van der Waals surface area contributed by atoms with Gasteiger partial charge in [-0.25, -0.2) is 4.79 Å². The van der Waals surface area contributed by atoms with E-state index < -0.39 is 5.97 Å². The zero-order valence-electron chi connectivity index (χ0n) is 5.48. The number of benzene rings is 1. The van der Waals surface area contributed by atoms with Gasteiger partial charge in [0.05, 0.1) is 0 Å². The van der Waals surface area contributed by atoms with Gasteiger partial charge in [0.25, 0.3) is 0 Å². The lowest BCUT2D eigenvalue weighted by molar-refractivity contribution is 0.0693. The van der Waals surface area contributed by atoms with Gasteiger partial charge >= 0.3 is 5.97 Å². The lowest BCUT2D eigenvalue weighted by atomic mass is 10.9. The quantitative estimate of drug-likeness (QED) is 0.531. The molecule has 0 unspecified atom stereocenters. The van der Waals surface area contributed by atoms with Crippen LogP contribution in [0.25, 0.3) is 0 Å². The van der Waals surface area contributed by atoms with Crippen LogP contribution in [-0.2, 0) is 0 Å². The first-order chi connectivity index (χ1) is 5.11. The fourth-order valence-corrected chi connectivity index (χ4v) is 0.695. The van der Waals surface area contributed by atoms with E-state index in [4.69, 9.17) is 15.3 Å². The molecule has 0 bridgehead atoms. The zero-order valence-corrected chi connectivity index (χ0v) is 5.48. The molecule has 1 aromatic carbocycles. The van der Waals surface area contributed by atoms with Crippen LogP contribution < -0.4 is 0 Å². The minimum Gasteiger partial charge on any atom is -0.508 e. The molecule has 0 heterocycles. The van der Waals surface area contributed by atoms with Gasteiger partial charge in [-0.3, -0.25) is 0 Å². The van der Waals surface area contributed by atoms with Crippen molar-refractivity contribution in [3.8, 4) is 11.5 Å². The molecule has 0 fully saturated rings. The van der Waals surface area contributed by atoms with E-state index in [0.29, 0.717) is 0 Å². The topological polar surface area (TPSA) is 77.8 Å². The number of carboxylic acid groups (broad SMARTS) is 1. The molecule has 11 heavy (non-hydrogen) atoms. The highest BCUT2D eigenvalue weighted by molar-refractivity contribution is 5.91. The molecule has 4 nitrogen and oxygen atoms in total. The maximum absolute atomic E-state index is 10.3. The molecule has 0 aromatic heterocycles. The molecule has 0 spiro atoms. The van der Waals surface area contributed by atoms with Crippen molar-refractivity contribution < 1.29 is 20.1 Å². The third-order valence-corrected chi connectivity index (χ3v) is 1.21. The van der Waals surface area contributed by atoms with Gasteiger partial charge in [0, 0.05) is 0 Å². The van der Waals surface area contributed by atoms with Gasteiger partial charge in [0.15, 0.2) is 0 Å². The first-order valence-corrected chi connectivity index (χ1v) is 2.86. The normalized spacial score (nSPS) is 9.45. The Balaban J connectivity index is 3.23. The zero-order chi connectivity index (χ0) is 8.43. The fraction of sp³-hybridized carbons (Fsp3) is 0. The van der Waals surface area contributed by atoms with Gasteiger partial charge < -0.3 is 15.3 Å². The number of hydrogen-bond donors (Lipinski definition) is 3. The summed E-state index contributed by atoms with van der Waals surface area (Å²) in [6.07, 6.45) is 0. The Bertz CT molecular complexity index is 292. The molecule has 1 rings (SSSR count). The third kappa shape index (κ3) is 1.40. The van der Waals surface area contributed by atoms with Crippen LogP contribution in [0.2, 0.25) is 0 Å². The highest BCUT2D eigenvalue weighted by atomic mass is 16.4. The van der Waals surface area contributed by atoms with Gasteiger partial charge in [0.2, 0.25) is 0 Å². The molecule has 58 valence electrons. The molecular weight excluding hydrogens is 154 g/mol. The maximum Gasteiger partial charge on any atom is 0.339 e. The summed E-state index contributed by atoms with van der Waals surface area (Å²) < 4.78 is 0. The van der Waals surface area contributed by atoms with E-state index in [1.165, 1.54) is 6.07 Å². The first kappa shape index (κ1) is 7.40. The van der Waals surface area contributed by atoms with Crippen molar-refractivity contribution in [2.75, 3.05) is 0 Å². The number of aromatic hydroxyl groups is 2. The second-order valence-electron chi connectivity index (χ2n) is 2.01. The van der Waals surface area contributed by atoms with Crippen LogP contribution >= 0.6 is 0 Å². The van der Waals surface area contributed by atoms with Gasteiger partial charge in [0.1, 0.15) is 17.1 Å². The van der Waals surface area contributed by atoms with E-state index in [1.807, 2.05) is 0 Å². The van der Waals surface area contributed by atoms with E-state index in [-0.39, 0.29) is 17.1 Å². The molecule has 0 saturated heterocycles. The van der Waals surface area contributed by atoms with E-state index in [9.17, 15) is 4.79 Å². The molecule has 0 aliphatic carbocycles. The van der Waals surface area contributed by atoms with Crippen molar-refractivity contribution in [1.82, 2.24) is 0 Å². The molecule has 0 aliphatic rings. The number of carbonyl (C=O) groups is 1. The largest absolute Gasteiger partial charge is 0.508 e. The number of hydrogen-bond acceptors (Lipinski definition) is 3. The van der Waals surface area contributed by atoms with E-state index in [2.05, 4.69) is 0 Å². The second-order valence-corrected chi connectivity index (χ2v) is 2.01. The van der Waals surface area contributed by atoms with Gasteiger partial charge in [-0.05, 0) is 18.2 Å². The predicted octanol–water partition coefficient (Wildman–Crippen LogP) is 0.796. The van der Waals surface area contributed by atoms with Crippen molar-refractivity contribution in [3.63, 3.8) is 0 Å². The van der Waals surface area contributed by atoms with Crippen molar-refractivity contribution in [1.29, 1.82) is 0 Å². The molecule has 0 radical (unpaired) electrons. The Morgan fingerprint density at radius 2 is 1.91 bits per heavy atom. The summed E-state index contributed by atoms with van der Waals surface area (Å²) in [5, 5.41) is 26.1. The Labute approximate surface area is 62.3 Å². The summed E-state index contributed by atoms with van der Waals surface area (Å²) in [5.41, 5.74) is -0.301. The minimum atomic E-state index is -1.27. The van der Waals surface area contributed by atoms with Crippen LogP contribution in [0, 0.1) is 0 Å². The summed E-state index contributed by atoms with van der Waals surface area (Å²) in [6.45, 7) is 0. The maximum atomic E-state index is 10.3. The van der Waals surface area contributed by atoms with Crippen molar-refractivity contribution in [2.45, 2.75) is 0 Å². The average molecular weight is 160 g/mol. The molecule has 1 aromatic rings. The molecule has 0 atom stereocenters. The monoisotopic (exact) mass is 160 g/mol. The third-order valence-electron chi connectivity index (χ3n) is 1.21. The Kier molecular flexibility index (Phi) is 1.68. The number of rotatable bonds is 1. The fourth-order valence-electron chi connectivity index (χ4n) is 0.695. The Morgan fingerprint density at radius 1 is 1.27 bits per heavy atom. The van der Waals surface area contributed by atoms with E-state index in [1.54, 1.807) is 0 Å². The Morgan fingerprint density at radius 3 is 2.36 bits per heavy atom. The highest BCUT2D eigenvalue weighted by Gasteiger charge is 2.08. The van der Waals surface area contributed by atoms with Crippen LogP contribution in [0.4, 0.5) is 0 Å². The number of carboxylic acids is 1. The SMILES string of the molecule is O=C(O)[13c]1[13cH][13c](O)[13cH][13cH][13c]1O. The lowest BCUT2D eigenvalue weighted by Crippen LogP contribution is -1.95. The van der Waals surface area contributed by atoms with Crippen molar-refractivity contribution in [2.24, 2.45) is 0 Å². The minimum absolute atomic E-state index is 0.180. The first-order valence-electron chi connectivity index (χ1n) is 2.86. The molecule has 4 heteroatoms. The lowest BCUT2D eigenvalue weighted by Gasteiger charge is -1.98. The van der Waals surface area contributed by atoms with Crippen LogP contribution in [0.15, 0.2) is 18.2 Å². The molecule has 3 N–H and O–H groups in total. The molecule has 0 aliphatic heterocycles. The van der Waals surface area contributed by atoms with Crippen LogP contribution in [-0.4, -0.2) is 21.3 Å². The Hall–Kier alpha value is -1.71. The summed E-state index contributed by atoms with van der Waals surface area (Å²) in [7, 11) is 0. The predicted molar refractivity (Wildman–Crippen MR) is 36.7 cm³/mol. The molecule has 0 amide bonds. The smallest absolute Gasteiger partial charge is 0.339 e. The van der Waals surface area contributed by atoms with Crippen LogP contribution in [0.5, 0.6) is 11.5 Å². The standard InChI is InChI=1S/C7H6O4/c8-4-1-2-6(9)5(3-4)7(10)11/h1-3,8-9H,(H,10,11)/i1+1,2+1,3+1,4+1,5+1,6+1. The molecule has 0 saturated carbocycles. The average Bonchev–Trinajstić information content (AvgIpc) is 1.94. The summed E-state index contributed by atoms with van der Waals surface area (Å²) in [5.74, 6) is -1.80. The summed E-state index contributed by atoms with van der Waals surface area (Å²) in [4.78, 5) is 10.3. The number of phenolic OH excluding ortho intramolecular Hbond substituents is 1. The summed E-state index contributed by atoms with van der Waals surface area (Å²) >= 11 is 0. The van der Waals surface area contributed by atoms with Crippen molar-refractivity contribution in [3.05, 3.63) is 23.8 Å². The van der Waals surface area contributed by atoms with Crippen molar-refractivity contribution >= 4 is 5.97 Å². The second kappa shape index (κ2) is 2.49. The van der Waals surface area contributed by atoms with Gasteiger partial charge in [-0.2, -0.15) is 0 Å².